The number of ether oxygens (including phenoxy) is 1. The van der Waals surface area contributed by atoms with Crippen molar-refractivity contribution in [3.05, 3.63) is 23.8 Å². The van der Waals surface area contributed by atoms with Crippen LogP contribution < -0.4 is 10.1 Å². The van der Waals surface area contributed by atoms with Crippen LogP contribution in [0.1, 0.15) is 38.7 Å². The van der Waals surface area contributed by atoms with Gasteiger partial charge in [0.1, 0.15) is 5.75 Å². The molecule has 1 heterocycles. The summed E-state index contributed by atoms with van der Waals surface area (Å²) in [7, 11) is 0. The first-order chi connectivity index (χ1) is 8.14. The second kappa shape index (κ2) is 3.94. The number of benzene rings is 1. The lowest BCUT2D eigenvalue weighted by molar-refractivity contribution is 0.192. The van der Waals surface area contributed by atoms with Gasteiger partial charge in [0, 0.05) is 17.8 Å². The highest BCUT2D eigenvalue weighted by molar-refractivity contribution is 5.61. The van der Waals surface area contributed by atoms with E-state index in [2.05, 4.69) is 37.4 Å². The molecule has 17 heavy (non-hydrogen) atoms. The van der Waals surface area contributed by atoms with Crippen molar-refractivity contribution >= 4 is 5.69 Å². The second-order valence-corrected chi connectivity index (χ2v) is 6.11. The van der Waals surface area contributed by atoms with Crippen molar-refractivity contribution in [2.75, 3.05) is 11.9 Å². The number of rotatable bonds is 2. The molecule has 1 N–H and O–H groups in total. The molecule has 1 atom stereocenters. The predicted molar refractivity (Wildman–Crippen MR) is 70.7 cm³/mol. The van der Waals surface area contributed by atoms with Crippen molar-refractivity contribution in [2.45, 2.75) is 45.6 Å². The Morgan fingerprint density at radius 1 is 1.35 bits per heavy atom. The van der Waals surface area contributed by atoms with Crippen LogP contribution in [-0.2, 0) is 6.42 Å². The third-order valence-corrected chi connectivity index (χ3v) is 4.04. The van der Waals surface area contributed by atoms with Crippen LogP contribution >= 0.6 is 0 Å². The van der Waals surface area contributed by atoms with E-state index >= 15 is 0 Å². The van der Waals surface area contributed by atoms with Crippen molar-refractivity contribution in [3.8, 4) is 5.75 Å². The first kappa shape index (κ1) is 10.9. The zero-order valence-electron chi connectivity index (χ0n) is 10.8. The fourth-order valence-electron chi connectivity index (χ4n) is 3.07. The number of hydrogen-bond donors (Lipinski definition) is 1. The number of nitrogens with one attached hydrogen (secondary N) is 1. The SMILES string of the molecule is CC1(C)CCC(Oc2cccc3c2CCN3)C1. The second-order valence-electron chi connectivity index (χ2n) is 6.11. The molecule has 1 unspecified atom stereocenters. The van der Waals surface area contributed by atoms with Crippen LogP contribution in [0.5, 0.6) is 5.75 Å². The Morgan fingerprint density at radius 2 is 2.24 bits per heavy atom. The molecular formula is C15H21NO. The van der Waals surface area contributed by atoms with E-state index in [-0.39, 0.29) is 0 Å². The van der Waals surface area contributed by atoms with E-state index in [1.807, 2.05) is 0 Å². The number of fused-ring (bicyclic) bond motifs is 1. The van der Waals surface area contributed by atoms with Gasteiger partial charge in [0.2, 0.25) is 0 Å². The topological polar surface area (TPSA) is 21.3 Å². The quantitative estimate of drug-likeness (QED) is 0.839. The minimum Gasteiger partial charge on any atom is -0.490 e. The van der Waals surface area contributed by atoms with E-state index in [1.54, 1.807) is 0 Å². The van der Waals surface area contributed by atoms with Gasteiger partial charge < -0.3 is 10.1 Å². The lowest BCUT2D eigenvalue weighted by atomic mass is 9.92. The van der Waals surface area contributed by atoms with E-state index < -0.39 is 0 Å². The van der Waals surface area contributed by atoms with Gasteiger partial charge in [-0.05, 0) is 43.2 Å². The highest BCUT2D eigenvalue weighted by Crippen LogP contribution is 2.40. The molecule has 1 aromatic carbocycles. The van der Waals surface area contributed by atoms with Crippen molar-refractivity contribution in [3.63, 3.8) is 0 Å². The van der Waals surface area contributed by atoms with Gasteiger partial charge in [-0.3, -0.25) is 0 Å². The van der Waals surface area contributed by atoms with Gasteiger partial charge in [0.15, 0.2) is 0 Å². The Balaban J connectivity index is 1.76. The molecule has 2 nitrogen and oxygen atoms in total. The number of anilines is 1. The standard InChI is InChI=1S/C15H21NO/c1-15(2)8-6-11(10-15)17-14-5-3-4-13-12(14)7-9-16-13/h3-5,11,16H,6-10H2,1-2H3. The van der Waals surface area contributed by atoms with Gasteiger partial charge in [-0.15, -0.1) is 0 Å². The molecule has 0 spiro atoms. The first-order valence-electron chi connectivity index (χ1n) is 6.66. The molecule has 0 bridgehead atoms. The molecule has 1 aromatic rings. The smallest absolute Gasteiger partial charge is 0.125 e. The lowest BCUT2D eigenvalue weighted by Crippen LogP contribution is -2.15. The monoisotopic (exact) mass is 231 g/mol. The molecule has 1 saturated carbocycles. The van der Waals surface area contributed by atoms with Gasteiger partial charge in [-0.1, -0.05) is 19.9 Å². The maximum absolute atomic E-state index is 6.21. The average Bonchev–Trinajstić information content (AvgIpc) is 2.85. The molecule has 2 heteroatoms. The van der Waals surface area contributed by atoms with E-state index in [0.717, 1.165) is 18.7 Å². The summed E-state index contributed by atoms with van der Waals surface area (Å²) in [6, 6.07) is 6.36. The van der Waals surface area contributed by atoms with Crippen LogP contribution in [0.25, 0.3) is 0 Å². The fraction of sp³-hybridized carbons (Fsp3) is 0.600. The van der Waals surface area contributed by atoms with E-state index in [1.165, 1.54) is 30.5 Å². The largest absolute Gasteiger partial charge is 0.490 e. The van der Waals surface area contributed by atoms with E-state index in [9.17, 15) is 0 Å². The predicted octanol–water partition coefficient (Wildman–Crippen LogP) is 3.61. The molecule has 0 radical (unpaired) electrons. The van der Waals surface area contributed by atoms with Crippen molar-refractivity contribution < 1.29 is 4.74 Å². The van der Waals surface area contributed by atoms with Crippen LogP contribution in [0.4, 0.5) is 5.69 Å². The molecule has 1 fully saturated rings. The van der Waals surface area contributed by atoms with Gasteiger partial charge in [0.05, 0.1) is 6.10 Å². The molecule has 0 amide bonds. The van der Waals surface area contributed by atoms with Crippen molar-refractivity contribution in [1.29, 1.82) is 0 Å². The molecule has 0 saturated heterocycles. The summed E-state index contributed by atoms with van der Waals surface area (Å²) in [4.78, 5) is 0. The zero-order chi connectivity index (χ0) is 11.9. The summed E-state index contributed by atoms with van der Waals surface area (Å²) in [5, 5.41) is 3.40. The summed E-state index contributed by atoms with van der Waals surface area (Å²) >= 11 is 0. The van der Waals surface area contributed by atoms with Gasteiger partial charge in [0.25, 0.3) is 0 Å². The molecule has 1 aliphatic heterocycles. The third kappa shape index (κ3) is 2.13. The number of hydrogen-bond acceptors (Lipinski definition) is 2. The summed E-state index contributed by atoms with van der Waals surface area (Å²) in [5.74, 6) is 1.11. The molecule has 2 aliphatic rings. The third-order valence-electron chi connectivity index (χ3n) is 4.04. The molecular weight excluding hydrogens is 210 g/mol. The Kier molecular flexibility index (Phi) is 2.53. The van der Waals surface area contributed by atoms with Crippen LogP contribution in [0.3, 0.4) is 0 Å². The first-order valence-corrected chi connectivity index (χ1v) is 6.66. The van der Waals surface area contributed by atoms with Crippen LogP contribution in [0, 0.1) is 5.41 Å². The molecule has 3 rings (SSSR count). The maximum atomic E-state index is 6.21. The minimum atomic E-state index is 0.414. The van der Waals surface area contributed by atoms with Gasteiger partial charge in [-0.25, -0.2) is 0 Å². The van der Waals surface area contributed by atoms with Crippen LogP contribution in [0.15, 0.2) is 18.2 Å². The van der Waals surface area contributed by atoms with Gasteiger partial charge in [-0.2, -0.15) is 0 Å². The normalized spacial score (nSPS) is 25.4. The highest BCUT2D eigenvalue weighted by Gasteiger charge is 2.32. The summed E-state index contributed by atoms with van der Waals surface area (Å²) < 4.78 is 6.21. The van der Waals surface area contributed by atoms with Crippen molar-refractivity contribution in [1.82, 2.24) is 0 Å². The highest BCUT2D eigenvalue weighted by atomic mass is 16.5. The molecule has 1 aliphatic carbocycles. The van der Waals surface area contributed by atoms with Crippen LogP contribution in [-0.4, -0.2) is 12.6 Å². The zero-order valence-corrected chi connectivity index (χ0v) is 10.8. The van der Waals surface area contributed by atoms with E-state index in [4.69, 9.17) is 4.74 Å². The van der Waals surface area contributed by atoms with Crippen molar-refractivity contribution in [2.24, 2.45) is 5.41 Å². The van der Waals surface area contributed by atoms with E-state index in [0.29, 0.717) is 11.5 Å². The lowest BCUT2D eigenvalue weighted by Gasteiger charge is -2.19. The Bertz CT molecular complexity index is 425. The molecule has 0 aromatic heterocycles. The average molecular weight is 231 g/mol. The fourth-order valence-corrected chi connectivity index (χ4v) is 3.07. The summed E-state index contributed by atoms with van der Waals surface area (Å²) in [5.41, 5.74) is 3.10. The summed E-state index contributed by atoms with van der Waals surface area (Å²) in [6.07, 6.45) is 5.18. The Hall–Kier alpha value is -1.18. The maximum Gasteiger partial charge on any atom is 0.125 e. The van der Waals surface area contributed by atoms with Crippen LogP contribution in [0.2, 0.25) is 0 Å². The summed E-state index contributed by atoms with van der Waals surface area (Å²) in [6.45, 7) is 5.73. The van der Waals surface area contributed by atoms with Gasteiger partial charge >= 0.3 is 0 Å². The minimum absolute atomic E-state index is 0.414. The Labute approximate surface area is 103 Å². The Morgan fingerprint density at radius 3 is 3.00 bits per heavy atom. The molecule has 92 valence electrons.